The van der Waals surface area contributed by atoms with Crippen molar-refractivity contribution >= 4 is 11.8 Å². The van der Waals surface area contributed by atoms with Gasteiger partial charge in [-0.2, -0.15) is 0 Å². The van der Waals surface area contributed by atoms with E-state index >= 15 is 0 Å². The first kappa shape index (κ1) is 15.6. The third-order valence-electron chi connectivity index (χ3n) is 6.16. The van der Waals surface area contributed by atoms with E-state index in [0.717, 1.165) is 32.1 Å². The molecule has 4 aliphatic carbocycles. The summed E-state index contributed by atoms with van der Waals surface area (Å²) in [6, 6.07) is 5.06. The van der Waals surface area contributed by atoms with Gasteiger partial charge < -0.3 is 16.2 Å². The fourth-order valence-corrected chi connectivity index (χ4v) is 5.70. The molecule has 2 atom stereocenters. The highest BCUT2D eigenvalue weighted by molar-refractivity contribution is 5.93. The predicted octanol–water partition coefficient (Wildman–Crippen LogP) is 1.13. The summed E-state index contributed by atoms with van der Waals surface area (Å²) in [7, 11) is 0. The third-order valence-corrected chi connectivity index (χ3v) is 6.16. The Labute approximate surface area is 140 Å². The summed E-state index contributed by atoms with van der Waals surface area (Å²) < 4.78 is 0. The molecule has 0 aromatic carbocycles. The predicted molar refractivity (Wildman–Crippen MR) is 86.7 cm³/mol. The first-order valence-corrected chi connectivity index (χ1v) is 8.63. The van der Waals surface area contributed by atoms with E-state index in [0.29, 0.717) is 29.6 Å². The van der Waals surface area contributed by atoms with Crippen LogP contribution in [0.5, 0.6) is 0 Å². The molecule has 4 bridgehead atoms. The van der Waals surface area contributed by atoms with Crippen LogP contribution in [0.2, 0.25) is 0 Å². The summed E-state index contributed by atoms with van der Waals surface area (Å²) in [5.74, 6) is 0.495. The van der Waals surface area contributed by atoms with Crippen LogP contribution in [0, 0.1) is 17.3 Å². The molecule has 6 nitrogen and oxygen atoms in total. The third kappa shape index (κ3) is 2.40. The molecule has 2 unspecified atom stereocenters. The molecular formula is C18H23N3O3. The summed E-state index contributed by atoms with van der Waals surface area (Å²) >= 11 is 0. The summed E-state index contributed by atoms with van der Waals surface area (Å²) in [5, 5.41) is 12.4. The summed E-state index contributed by atoms with van der Waals surface area (Å²) in [6.45, 7) is -0.193. The van der Waals surface area contributed by atoms with Gasteiger partial charge >= 0.3 is 0 Å². The molecule has 0 aliphatic heterocycles. The molecule has 4 N–H and O–H groups in total. The Morgan fingerprint density at radius 3 is 2.58 bits per heavy atom. The standard InChI is InChI=1S/C18H23N3O3/c19-16(24)17-5-11-4-12(6-17)8-18(7-11,10-17)21-15(23)14-3-1-2-13(9-22)20-14/h1-3,11-12,22H,4-10H2,(H2,19,24)(H,21,23). The first-order chi connectivity index (χ1) is 11.4. The number of nitrogens with zero attached hydrogens (tertiary/aromatic N) is 1. The zero-order valence-electron chi connectivity index (χ0n) is 13.6. The molecule has 0 spiro atoms. The highest BCUT2D eigenvalue weighted by Gasteiger charge is 2.60. The highest BCUT2D eigenvalue weighted by Crippen LogP contribution is 2.61. The molecule has 1 heterocycles. The van der Waals surface area contributed by atoms with Gasteiger partial charge in [0.25, 0.3) is 5.91 Å². The normalized spacial score (nSPS) is 36.5. The van der Waals surface area contributed by atoms with Crippen molar-refractivity contribution in [2.45, 2.75) is 50.7 Å². The quantitative estimate of drug-likeness (QED) is 0.770. The largest absolute Gasteiger partial charge is 0.390 e. The van der Waals surface area contributed by atoms with Gasteiger partial charge in [0.15, 0.2) is 0 Å². The molecule has 1 aromatic rings. The number of nitrogens with two attached hydrogens (primary N) is 1. The van der Waals surface area contributed by atoms with Crippen LogP contribution in [-0.4, -0.2) is 27.4 Å². The monoisotopic (exact) mass is 329 g/mol. The van der Waals surface area contributed by atoms with Gasteiger partial charge in [0.2, 0.25) is 5.91 Å². The minimum atomic E-state index is -0.447. The van der Waals surface area contributed by atoms with Crippen LogP contribution in [0.25, 0.3) is 0 Å². The van der Waals surface area contributed by atoms with Gasteiger partial charge in [0.05, 0.1) is 17.7 Å². The molecular weight excluding hydrogens is 306 g/mol. The summed E-state index contributed by atoms with van der Waals surface area (Å²) in [5.41, 5.74) is 5.74. The minimum Gasteiger partial charge on any atom is -0.390 e. The number of pyridine rings is 1. The SMILES string of the molecule is NC(=O)C12CC3CC(CC(NC(=O)c4cccc(CO)n4)(C3)C1)C2. The number of primary amides is 1. The number of carbonyl (C=O) groups is 2. The Balaban J connectivity index is 1.59. The lowest BCUT2D eigenvalue weighted by atomic mass is 9.46. The average Bonchev–Trinajstić information content (AvgIpc) is 2.53. The average molecular weight is 329 g/mol. The van der Waals surface area contributed by atoms with E-state index in [9.17, 15) is 14.7 Å². The molecule has 4 fully saturated rings. The number of carbonyl (C=O) groups excluding carboxylic acids is 2. The van der Waals surface area contributed by atoms with E-state index in [-0.39, 0.29) is 24.0 Å². The maximum atomic E-state index is 12.7. The van der Waals surface area contributed by atoms with Gasteiger partial charge in [-0.15, -0.1) is 0 Å². The van der Waals surface area contributed by atoms with Gasteiger partial charge in [-0.1, -0.05) is 6.07 Å². The van der Waals surface area contributed by atoms with Gasteiger partial charge in [0.1, 0.15) is 5.69 Å². The van der Waals surface area contributed by atoms with E-state index < -0.39 is 5.41 Å². The van der Waals surface area contributed by atoms with Crippen molar-refractivity contribution in [3.05, 3.63) is 29.6 Å². The maximum absolute atomic E-state index is 12.7. The van der Waals surface area contributed by atoms with Crippen molar-refractivity contribution in [1.29, 1.82) is 0 Å². The van der Waals surface area contributed by atoms with E-state index in [1.54, 1.807) is 18.2 Å². The number of aliphatic hydroxyl groups excluding tert-OH is 1. The first-order valence-electron chi connectivity index (χ1n) is 8.63. The molecule has 4 saturated carbocycles. The lowest BCUT2D eigenvalue weighted by molar-refractivity contribution is -0.146. The van der Waals surface area contributed by atoms with Gasteiger partial charge in [-0.25, -0.2) is 4.98 Å². The fraction of sp³-hybridized carbons (Fsp3) is 0.611. The Kier molecular flexibility index (Phi) is 3.42. The second-order valence-corrected chi connectivity index (χ2v) is 8.01. The molecule has 24 heavy (non-hydrogen) atoms. The molecule has 5 rings (SSSR count). The minimum absolute atomic E-state index is 0.193. The number of aliphatic hydroxyl groups is 1. The lowest BCUT2D eigenvalue weighted by Crippen LogP contribution is -2.65. The van der Waals surface area contributed by atoms with E-state index in [4.69, 9.17) is 5.73 Å². The summed E-state index contributed by atoms with van der Waals surface area (Å²) in [6.07, 6.45) is 5.37. The smallest absolute Gasteiger partial charge is 0.270 e. The van der Waals surface area contributed by atoms with Gasteiger partial charge in [0, 0.05) is 5.54 Å². The van der Waals surface area contributed by atoms with Crippen LogP contribution >= 0.6 is 0 Å². The molecule has 128 valence electrons. The zero-order chi connectivity index (χ0) is 16.9. The van der Waals surface area contributed by atoms with Crippen molar-refractivity contribution < 1.29 is 14.7 Å². The van der Waals surface area contributed by atoms with Crippen molar-refractivity contribution in [3.8, 4) is 0 Å². The van der Waals surface area contributed by atoms with Crippen LogP contribution in [0.15, 0.2) is 18.2 Å². The van der Waals surface area contributed by atoms with E-state index in [1.165, 1.54) is 0 Å². The van der Waals surface area contributed by atoms with Crippen LogP contribution < -0.4 is 11.1 Å². The molecule has 6 heteroatoms. The Bertz CT molecular complexity index is 689. The van der Waals surface area contributed by atoms with Crippen molar-refractivity contribution in [2.75, 3.05) is 0 Å². The number of nitrogens with one attached hydrogen (secondary N) is 1. The van der Waals surface area contributed by atoms with E-state index in [1.807, 2.05) is 0 Å². The zero-order valence-corrected chi connectivity index (χ0v) is 13.6. The number of amides is 2. The molecule has 1 aromatic heterocycles. The number of rotatable bonds is 4. The highest BCUT2D eigenvalue weighted by atomic mass is 16.3. The Hall–Kier alpha value is -1.95. The number of hydrogen-bond donors (Lipinski definition) is 3. The van der Waals surface area contributed by atoms with Crippen LogP contribution in [-0.2, 0) is 11.4 Å². The van der Waals surface area contributed by atoms with Crippen LogP contribution in [0.1, 0.15) is 54.7 Å². The topological polar surface area (TPSA) is 105 Å². The number of aromatic nitrogens is 1. The van der Waals surface area contributed by atoms with Crippen LogP contribution in [0.3, 0.4) is 0 Å². The Morgan fingerprint density at radius 1 is 1.25 bits per heavy atom. The van der Waals surface area contributed by atoms with E-state index in [2.05, 4.69) is 10.3 Å². The molecule has 2 amide bonds. The van der Waals surface area contributed by atoms with Crippen molar-refractivity contribution in [1.82, 2.24) is 10.3 Å². The molecule has 4 aliphatic rings. The molecule has 0 radical (unpaired) electrons. The fourth-order valence-electron chi connectivity index (χ4n) is 5.70. The summed E-state index contributed by atoms with van der Waals surface area (Å²) in [4.78, 5) is 29.0. The second kappa shape index (κ2) is 5.28. The van der Waals surface area contributed by atoms with Crippen molar-refractivity contribution in [3.63, 3.8) is 0 Å². The van der Waals surface area contributed by atoms with Crippen LogP contribution in [0.4, 0.5) is 0 Å². The lowest BCUT2D eigenvalue weighted by Gasteiger charge is -2.61. The van der Waals surface area contributed by atoms with Gasteiger partial charge in [-0.3, -0.25) is 9.59 Å². The second-order valence-electron chi connectivity index (χ2n) is 8.01. The Morgan fingerprint density at radius 2 is 1.96 bits per heavy atom. The van der Waals surface area contributed by atoms with Crippen molar-refractivity contribution in [2.24, 2.45) is 23.0 Å². The number of hydrogen-bond acceptors (Lipinski definition) is 4. The molecule has 0 saturated heterocycles. The maximum Gasteiger partial charge on any atom is 0.270 e. The van der Waals surface area contributed by atoms with Gasteiger partial charge in [-0.05, 0) is 62.5 Å².